The molecule has 0 radical (unpaired) electrons. The number of rotatable bonds is 8. The van der Waals surface area contributed by atoms with Gasteiger partial charge in [0.05, 0.1) is 17.3 Å². The van der Waals surface area contributed by atoms with Gasteiger partial charge in [0.15, 0.2) is 5.96 Å². The summed E-state index contributed by atoms with van der Waals surface area (Å²) in [5, 5.41) is 11.5. The number of halogens is 3. The Hall–Kier alpha value is -1.19. The third-order valence-electron chi connectivity index (χ3n) is 3.83. The van der Waals surface area contributed by atoms with Crippen molar-refractivity contribution in [3.63, 3.8) is 0 Å². The zero-order valence-corrected chi connectivity index (χ0v) is 19.5. The van der Waals surface area contributed by atoms with Gasteiger partial charge in [-0.1, -0.05) is 48.3 Å². The molecule has 1 aromatic carbocycles. The summed E-state index contributed by atoms with van der Waals surface area (Å²) in [4.78, 5) is 4.22. The molecule has 0 unspecified atom stereocenters. The third-order valence-corrected chi connectivity index (χ3v) is 4.63. The highest BCUT2D eigenvalue weighted by Crippen LogP contribution is 2.31. The number of guanidine groups is 1. The van der Waals surface area contributed by atoms with E-state index in [1.54, 1.807) is 25.2 Å². The van der Waals surface area contributed by atoms with Crippen LogP contribution in [0.25, 0.3) is 0 Å². The number of nitrogens with zero attached hydrogens (tertiary/aromatic N) is 2. The molecule has 150 valence electrons. The van der Waals surface area contributed by atoms with Crippen LogP contribution in [0.5, 0.6) is 5.75 Å². The van der Waals surface area contributed by atoms with Gasteiger partial charge < -0.3 is 19.9 Å². The van der Waals surface area contributed by atoms with E-state index >= 15 is 0 Å². The van der Waals surface area contributed by atoms with Gasteiger partial charge in [0.25, 0.3) is 0 Å². The summed E-state index contributed by atoms with van der Waals surface area (Å²) >= 11 is 12.1. The number of nitrogens with one attached hydrogen (secondary N) is 2. The Balaban J connectivity index is 0.00000364. The van der Waals surface area contributed by atoms with Crippen LogP contribution in [0.3, 0.4) is 0 Å². The Kier molecular flexibility index (Phi) is 10.9. The van der Waals surface area contributed by atoms with E-state index in [4.69, 9.17) is 32.5 Å². The number of aromatic nitrogens is 1. The van der Waals surface area contributed by atoms with Crippen molar-refractivity contribution in [2.45, 2.75) is 33.2 Å². The first-order valence-corrected chi connectivity index (χ1v) is 9.33. The van der Waals surface area contributed by atoms with E-state index in [0.717, 1.165) is 29.9 Å². The normalized spacial score (nSPS) is 11.1. The molecule has 0 aliphatic carbocycles. The minimum atomic E-state index is 0. The second kappa shape index (κ2) is 12.3. The van der Waals surface area contributed by atoms with E-state index in [9.17, 15) is 0 Å². The van der Waals surface area contributed by atoms with Crippen LogP contribution in [0, 0.1) is 0 Å². The first-order chi connectivity index (χ1) is 12.6. The van der Waals surface area contributed by atoms with Crippen molar-refractivity contribution in [1.82, 2.24) is 15.8 Å². The van der Waals surface area contributed by atoms with Gasteiger partial charge in [-0.3, -0.25) is 4.99 Å². The van der Waals surface area contributed by atoms with Crippen LogP contribution < -0.4 is 15.4 Å². The first kappa shape index (κ1) is 23.8. The van der Waals surface area contributed by atoms with Crippen molar-refractivity contribution in [2.75, 3.05) is 20.2 Å². The average molecular weight is 527 g/mol. The maximum Gasteiger partial charge on any atom is 0.191 e. The maximum absolute atomic E-state index is 6.10. The van der Waals surface area contributed by atoms with E-state index in [-0.39, 0.29) is 24.0 Å². The summed E-state index contributed by atoms with van der Waals surface area (Å²) in [6, 6.07) is 5.30. The van der Waals surface area contributed by atoms with Crippen LogP contribution in [-0.4, -0.2) is 31.3 Å². The predicted octanol–water partition coefficient (Wildman–Crippen LogP) is 4.47. The van der Waals surface area contributed by atoms with Gasteiger partial charge in [-0.2, -0.15) is 0 Å². The lowest BCUT2D eigenvalue weighted by atomic mass is 10.1. The fraction of sp³-hybridized carbons (Fsp3) is 0.444. The van der Waals surface area contributed by atoms with Crippen LogP contribution in [-0.2, 0) is 19.4 Å². The number of aliphatic imine (C=N–C) groups is 1. The molecular weight excluding hydrogens is 502 g/mol. The monoisotopic (exact) mass is 526 g/mol. The van der Waals surface area contributed by atoms with Gasteiger partial charge in [-0.15, -0.1) is 24.0 Å². The highest BCUT2D eigenvalue weighted by atomic mass is 127. The van der Waals surface area contributed by atoms with Crippen molar-refractivity contribution in [3.8, 4) is 5.75 Å². The molecule has 1 aromatic heterocycles. The lowest BCUT2D eigenvalue weighted by molar-refractivity contribution is 0.322. The second-order valence-corrected chi connectivity index (χ2v) is 6.28. The predicted molar refractivity (Wildman–Crippen MR) is 121 cm³/mol. The number of ether oxygens (including phenoxy) is 1. The van der Waals surface area contributed by atoms with Crippen LogP contribution in [0.15, 0.2) is 27.7 Å². The SMILES string of the molecule is CCc1noc(CC)c1CNC(=NC)NCCOc1cccc(Cl)c1Cl.I. The standard InChI is InChI=1S/C18H24Cl2N4O2.HI/c1-4-14-12(15(5-2)26-24-14)11-23-18(21-3)22-9-10-25-16-8-6-7-13(19)17(16)20;/h6-8H,4-5,9-11H2,1-3H3,(H2,21,22,23);1H. The van der Waals surface area contributed by atoms with Gasteiger partial charge in [-0.05, 0) is 18.6 Å². The molecule has 2 aromatic rings. The molecule has 0 fully saturated rings. The van der Waals surface area contributed by atoms with Crippen molar-refractivity contribution in [2.24, 2.45) is 4.99 Å². The second-order valence-electron chi connectivity index (χ2n) is 5.49. The molecule has 0 saturated heterocycles. The Bertz CT molecular complexity index is 731. The summed E-state index contributed by atoms with van der Waals surface area (Å²) < 4.78 is 11.0. The van der Waals surface area contributed by atoms with Crippen molar-refractivity contribution >= 4 is 53.1 Å². The van der Waals surface area contributed by atoms with Crippen LogP contribution >= 0.6 is 47.2 Å². The summed E-state index contributed by atoms with van der Waals surface area (Å²) in [5.74, 6) is 2.15. The highest BCUT2D eigenvalue weighted by molar-refractivity contribution is 14.0. The largest absolute Gasteiger partial charge is 0.490 e. The van der Waals surface area contributed by atoms with Crippen LogP contribution in [0.4, 0.5) is 0 Å². The molecule has 2 N–H and O–H groups in total. The van der Waals surface area contributed by atoms with Crippen molar-refractivity contribution < 1.29 is 9.26 Å². The summed E-state index contributed by atoms with van der Waals surface area (Å²) in [5.41, 5.74) is 2.07. The molecular formula is C18H25Cl2IN4O2. The highest BCUT2D eigenvalue weighted by Gasteiger charge is 2.13. The molecule has 9 heteroatoms. The van der Waals surface area contributed by atoms with Gasteiger partial charge in [-0.25, -0.2) is 0 Å². The Morgan fingerprint density at radius 2 is 2.00 bits per heavy atom. The fourth-order valence-electron chi connectivity index (χ4n) is 2.46. The van der Waals surface area contributed by atoms with Crippen molar-refractivity contribution in [1.29, 1.82) is 0 Å². The molecule has 0 spiro atoms. The average Bonchev–Trinajstić information content (AvgIpc) is 3.06. The Labute approximate surface area is 187 Å². The zero-order valence-electron chi connectivity index (χ0n) is 15.6. The number of aryl methyl sites for hydroxylation is 2. The quantitative estimate of drug-likeness (QED) is 0.230. The van der Waals surface area contributed by atoms with Crippen LogP contribution in [0.1, 0.15) is 30.9 Å². The van der Waals surface area contributed by atoms with Crippen molar-refractivity contribution in [3.05, 3.63) is 45.3 Å². The summed E-state index contributed by atoms with van der Waals surface area (Å²) in [6.45, 7) is 5.71. The molecule has 2 rings (SSSR count). The summed E-state index contributed by atoms with van der Waals surface area (Å²) in [7, 11) is 1.72. The maximum atomic E-state index is 6.10. The van der Waals surface area contributed by atoms with Gasteiger partial charge in [0.2, 0.25) is 0 Å². The van der Waals surface area contributed by atoms with E-state index in [1.165, 1.54) is 0 Å². The van der Waals surface area contributed by atoms with Crippen LogP contribution in [0.2, 0.25) is 10.0 Å². The molecule has 0 bridgehead atoms. The molecule has 0 aliphatic rings. The minimum Gasteiger partial charge on any atom is -0.490 e. The van der Waals surface area contributed by atoms with Gasteiger partial charge in [0.1, 0.15) is 23.1 Å². The van der Waals surface area contributed by atoms with E-state index in [0.29, 0.717) is 41.5 Å². The Morgan fingerprint density at radius 1 is 1.22 bits per heavy atom. The third kappa shape index (κ3) is 6.73. The topological polar surface area (TPSA) is 71.7 Å². The minimum absolute atomic E-state index is 0. The molecule has 1 heterocycles. The van der Waals surface area contributed by atoms with E-state index in [2.05, 4.69) is 34.6 Å². The fourth-order valence-corrected chi connectivity index (χ4v) is 2.80. The Morgan fingerprint density at radius 3 is 2.67 bits per heavy atom. The van der Waals surface area contributed by atoms with Gasteiger partial charge >= 0.3 is 0 Å². The lowest BCUT2D eigenvalue weighted by Gasteiger charge is -2.13. The number of hydrogen-bond donors (Lipinski definition) is 2. The molecule has 27 heavy (non-hydrogen) atoms. The molecule has 0 saturated carbocycles. The van der Waals surface area contributed by atoms with Gasteiger partial charge in [0, 0.05) is 25.6 Å². The summed E-state index contributed by atoms with van der Waals surface area (Å²) in [6.07, 6.45) is 1.64. The molecule has 0 atom stereocenters. The number of benzene rings is 1. The van der Waals surface area contributed by atoms with E-state index in [1.807, 2.05) is 0 Å². The molecule has 0 aliphatic heterocycles. The smallest absolute Gasteiger partial charge is 0.191 e. The van der Waals surface area contributed by atoms with E-state index < -0.39 is 0 Å². The first-order valence-electron chi connectivity index (χ1n) is 8.58. The number of hydrogen-bond acceptors (Lipinski definition) is 4. The lowest BCUT2D eigenvalue weighted by Crippen LogP contribution is -2.39. The molecule has 0 amide bonds. The zero-order chi connectivity index (χ0) is 18.9. The molecule has 6 nitrogen and oxygen atoms in total.